The number of fused-ring (bicyclic) bond motifs is 1. The first-order chi connectivity index (χ1) is 17.9. The molecule has 2 N–H and O–H groups in total. The van der Waals surface area contributed by atoms with E-state index in [1.54, 1.807) is 48.0 Å². The largest absolute Gasteiger partial charge is 0.495 e. The van der Waals surface area contributed by atoms with E-state index in [1.807, 2.05) is 30.3 Å². The van der Waals surface area contributed by atoms with Gasteiger partial charge in [0.1, 0.15) is 23.6 Å². The molecule has 1 amide bonds. The highest BCUT2D eigenvalue weighted by Crippen LogP contribution is 2.35. The topological polar surface area (TPSA) is 102 Å². The number of hydrogen-bond donors (Lipinski definition) is 1. The predicted molar refractivity (Wildman–Crippen MR) is 146 cm³/mol. The van der Waals surface area contributed by atoms with Crippen molar-refractivity contribution < 1.29 is 9.53 Å². The minimum absolute atomic E-state index is 0.154. The molecule has 0 aliphatic heterocycles. The van der Waals surface area contributed by atoms with Crippen LogP contribution in [0.2, 0.25) is 5.02 Å². The highest BCUT2D eigenvalue weighted by atomic mass is 35.5. The van der Waals surface area contributed by atoms with Crippen LogP contribution in [0, 0.1) is 0 Å². The lowest BCUT2D eigenvalue weighted by atomic mass is 10.1. The Balaban J connectivity index is 1.52. The van der Waals surface area contributed by atoms with E-state index in [0.717, 1.165) is 12.1 Å². The van der Waals surface area contributed by atoms with Crippen LogP contribution >= 0.6 is 11.6 Å². The first-order valence-electron chi connectivity index (χ1n) is 12.0. The van der Waals surface area contributed by atoms with Crippen molar-refractivity contribution in [3.63, 3.8) is 0 Å². The Labute approximate surface area is 220 Å². The van der Waals surface area contributed by atoms with E-state index in [0.29, 0.717) is 50.7 Å². The van der Waals surface area contributed by atoms with Crippen LogP contribution in [-0.4, -0.2) is 64.3 Å². The summed E-state index contributed by atoms with van der Waals surface area (Å²) in [6, 6.07) is 13.5. The number of methoxy groups -OCH3 is 1. The van der Waals surface area contributed by atoms with E-state index in [2.05, 4.69) is 21.9 Å². The van der Waals surface area contributed by atoms with Gasteiger partial charge in [0.2, 0.25) is 0 Å². The second kappa shape index (κ2) is 10.2. The molecular formula is C27H28ClN7O2. The van der Waals surface area contributed by atoms with Gasteiger partial charge in [-0.15, -0.1) is 0 Å². The molecule has 190 valence electrons. The monoisotopic (exact) mass is 517 g/mol. The highest BCUT2D eigenvalue weighted by molar-refractivity contribution is 6.30. The fourth-order valence-electron chi connectivity index (χ4n) is 4.25. The van der Waals surface area contributed by atoms with Crippen LogP contribution < -0.4 is 15.4 Å². The Kier molecular flexibility index (Phi) is 6.82. The third-order valence-electron chi connectivity index (χ3n) is 6.53. The number of likely N-dealkylation sites (N-methyl/N-ethyl adjacent to an activating group) is 2. The third-order valence-corrected chi connectivity index (χ3v) is 6.79. The highest BCUT2D eigenvalue weighted by Gasteiger charge is 2.25. The smallest absolute Gasteiger partial charge is 0.250 e. The van der Waals surface area contributed by atoms with E-state index in [9.17, 15) is 4.79 Å². The van der Waals surface area contributed by atoms with Crippen LogP contribution in [0.4, 0.5) is 11.5 Å². The van der Waals surface area contributed by atoms with E-state index < -0.39 is 0 Å². The molecule has 0 bridgehead atoms. The summed E-state index contributed by atoms with van der Waals surface area (Å²) < 4.78 is 7.26. The molecule has 37 heavy (non-hydrogen) atoms. The van der Waals surface area contributed by atoms with E-state index >= 15 is 0 Å². The van der Waals surface area contributed by atoms with Crippen molar-refractivity contribution in [3.8, 4) is 22.7 Å². The zero-order chi connectivity index (χ0) is 26.1. The number of rotatable bonds is 8. The van der Waals surface area contributed by atoms with Gasteiger partial charge in [-0.25, -0.2) is 14.6 Å². The van der Waals surface area contributed by atoms with Gasteiger partial charge in [-0.1, -0.05) is 29.8 Å². The molecule has 10 heteroatoms. The number of amides is 1. The average Bonchev–Trinajstić information content (AvgIpc) is 3.69. The summed E-state index contributed by atoms with van der Waals surface area (Å²) in [6.45, 7) is 0.731. The van der Waals surface area contributed by atoms with Gasteiger partial charge in [-0.3, -0.25) is 9.69 Å². The summed E-state index contributed by atoms with van der Waals surface area (Å²) in [6.07, 6.45) is 7.35. The van der Waals surface area contributed by atoms with E-state index in [1.165, 1.54) is 19.2 Å². The zero-order valence-electron chi connectivity index (χ0n) is 20.9. The SMILES string of the molecule is COc1ccc(-n2nc(-c3ccc(Cl)cc3)c3c(N)ncnc32)cc1N(C)C(=O)/C=C/CN(C)C1CC1. The molecule has 2 aromatic carbocycles. The molecule has 5 rings (SSSR count). The lowest BCUT2D eigenvalue weighted by Gasteiger charge is -2.20. The van der Waals surface area contributed by atoms with Crippen LogP contribution in [-0.2, 0) is 4.79 Å². The van der Waals surface area contributed by atoms with Crippen LogP contribution in [0.1, 0.15) is 12.8 Å². The number of halogens is 1. The Bertz CT molecular complexity index is 1480. The maximum absolute atomic E-state index is 13.0. The standard InChI is InChI=1S/C27H28ClN7O2/c1-33(19-10-11-19)14-4-5-23(36)34(2)21-15-20(12-13-22(21)37-3)35-27-24(26(29)30-16-31-27)25(32-35)17-6-8-18(28)9-7-17/h4-9,12-13,15-16,19H,10-11,14H2,1-3H3,(H2,29,30,31)/b5-4+. The van der Waals surface area contributed by atoms with Crippen molar-refractivity contribution in [3.05, 3.63) is 66.0 Å². The van der Waals surface area contributed by atoms with Crippen molar-refractivity contribution >= 4 is 40.0 Å². The molecule has 0 radical (unpaired) electrons. The molecule has 1 aliphatic rings. The lowest BCUT2D eigenvalue weighted by molar-refractivity contribution is -0.113. The lowest BCUT2D eigenvalue weighted by Crippen LogP contribution is -2.26. The molecule has 2 aromatic heterocycles. The van der Waals surface area contributed by atoms with E-state index in [-0.39, 0.29) is 5.91 Å². The molecule has 1 aliphatic carbocycles. The Hall–Kier alpha value is -3.95. The van der Waals surface area contributed by atoms with Gasteiger partial charge in [-0.2, -0.15) is 5.10 Å². The average molecular weight is 518 g/mol. The Morgan fingerprint density at radius 2 is 1.95 bits per heavy atom. The minimum atomic E-state index is -0.154. The molecule has 0 atom stereocenters. The van der Waals surface area contributed by atoms with Gasteiger partial charge >= 0.3 is 0 Å². The van der Waals surface area contributed by atoms with Gasteiger partial charge in [0.15, 0.2) is 5.65 Å². The van der Waals surface area contributed by atoms with Gasteiger partial charge in [0, 0.05) is 36.3 Å². The summed E-state index contributed by atoms with van der Waals surface area (Å²) >= 11 is 6.09. The second-order valence-corrected chi connectivity index (χ2v) is 9.49. The normalized spacial score (nSPS) is 13.5. The summed E-state index contributed by atoms with van der Waals surface area (Å²) in [5.41, 5.74) is 9.56. The van der Waals surface area contributed by atoms with Crippen molar-refractivity contribution in [2.45, 2.75) is 18.9 Å². The van der Waals surface area contributed by atoms with Gasteiger partial charge in [0.05, 0.1) is 23.9 Å². The second-order valence-electron chi connectivity index (χ2n) is 9.05. The van der Waals surface area contributed by atoms with Crippen LogP contribution in [0.15, 0.2) is 60.9 Å². The van der Waals surface area contributed by atoms with Crippen LogP contribution in [0.25, 0.3) is 28.0 Å². The molecule has 0 saturated heterocycles. The fourth-order valence-corrected chi connectivity index (χ4v) is 4.38. The third kappa shape index (κ3) is 5.00. The predicted octanol–water partition coefficient (Wildman–Crippen LogP) is 4.34. The van der Waals surface area contributed by atoms with Gasteiger partial charge < -0.3 is 15.4 Å². The number of carbonyl (C=O) groups is 1. The molecule has 0 spiro atoms. The molecule has 1 saturated carbocycles. The van der Waals surface area contributed by atoms with Crippen molar-refractivity contribution in [1.82, 2.24) is 24.6 Å². The summed E-state index contributed by atoms with van der Waals surface area (Å²) in [7, 11) is 5.37. The number of ether oxygens (including phenoxy) is 1. The number of carbonyl (C=O) groups excluding carboxylic acids is 1. The van der Waals surface area contributed by atoms with Gasteiger partial charge in [-0.05, 0) is 50.2 Å². The quantitative estimate of drug-likeness (QED) is 0.347. The Morgan fingerprint density at radius 3 is 2.65 bits per heavy atom. The van der Waals surface area contributed by atoms with Crippen LogP contribution in [0.5, 0.6) is 5.75 Å². The minimum Gasteiger partial charge on any atom is -0.495 e. The molecule has 4 aromatic rings. The summed E-state index contributed by atoms with van der Waals surface area (Å²) in [5.74, 6) is 0.730. The number of hydrogen-bond acceptors (Lipinski definition) is 7. The number of nitrogens with two attached hydrogens (primary N) is 1. The van der Waals surface area contributed by atoms with Crippen molar-refractivity contribution in [1.29, 1.82) is 0 Å². The van der Waals surface area contributed by atoms with Crippen molar-refractivity contribution in [2.24, 2.45) is 0 Å². The Morgan fingerprint density at radius 1 is 1.19 bits per heavy atom. The van der Waals surface area contributed by atoms with Crippen molar-refractivity contribution in [2.75, 3.05) is 38.4 Å². The zero-order valence-corrected chi connectivity index (χ0v) is 21.7. The summed E-state index contributed by atoms with van der Waals surface area (Å²) in [4.78, 5) is 25.4. The molecule has 9 nitrogen and oxygen atoms in total. The maximum Gasteiger partial charge on any atom is 0.250 e. The summed E-state index contributed by atoms with van der Waals surface area (Å²) in [5, 5.41) is 6.10. The van der Waals surface area contributed by atoms with Crippen LogP contribution in [0.3, 0.4) is 0 Å². The number of aromatic nitrogens is 4. The number of nitrogens with zero attached hydrogens (tertiary/aromatic N) is 6. The molecular weight excluding hydrogens is 490 g/mol. The van der Waals surface area contributed by atoms with Gasteiger partial charge in [0.25, 0.3) is 5.91 Å². The first-order valence-corrected chi connectivity index (χ1v) is 12.3. The number of anilines is 2. The molecule has 1 fully saturated rings. The maximum atomic E-state index is 13.0. The number of benzene rings is 2. The first kappa shape index (κ1) is 24.7. The fraction of sp³-hybridized carbons (Fsp3) is 0.259. The van der Waals surface area contributed by atoms with E-state index in [4.69, 9.17) is 27.2 Å². The molecule has 0 unspecified atom stereocenters. The molecule has 2 heterocycles. The number of nitrogen functional groups attached to an aromatic ring is 1.